The monoisotopic (exact) mass is 226 g/mol. The van der Waals surface area contributed by atoms with Crippen LogP contribution in [0.3, 0.4) is 0 Å². The van der Waals surface area contributed by atoms with Gasteiger partial charge in [-0.1, -0.05) is 18.2 Å². The van der Waals surface area contributed by atoms with Crippen molar-refractivity contribution in [2.75, 3.05) is 0 Å². The molecule has 0 amide bonds. The third-order valence-electron chi connectivity index (χ3n) is 1.04. The van der Waals surface area contributed by atoms with Crippen LogP contribution in [-0.4, -0.2) is 0 Å². The molecule has 0 spiro atoms. The Morgan fingerprint density at radius 3 is 2.33 bits per heavy atom. The second kappa shape index (κ2) is 4.15. The lowest BCUT2D eigenvalue weighted by molar-refractivity contribution is 0.421. The zero-order valence-electron chi connectivity index (χ0n) is 5.81. The summed E-state index contributed by atoms with van der Waals surface area (Å²) in [5.41, 5.74) is 0. The summed E-state index contributed by atoms with van der Waals surface area (Å²) in [6.45, 7) is -3.66. The van der Waals surface area contributed by atoms with Gasteiger partial charge in [0.15, 0.2) is 0 Å². The fourth-order valence-electron chi connectivity index (χ4n) is 0.621. The van der Waals surface area contributed by atoms with Crippen LogP contribution >= 0.6 is 30.1 Å². The molecular formula is C6H5Cl2O3P. The summed E-state index contributed by atoms with van der Waals surface area (Å²) in [6.07, 6.45) is 0. The zero-order valence-corrected chi connectivity index (χ0v) is 8.22. The predicted octanol–water partition coefficient (Wildman–Crippen LogP) is 3.58. The van der Waals surface area contributed by atoms with Gasteiger partial charge in [0.2, 0.25) is 0 Å². The molecule has 66 valence electrons. The van der Waals surface area contributed by atoms with Crippen molar-refractivity contribution in [3.8, 4) is 5.75 Å². The molecule has 1 atom stereocenters. The Hall–Kier alpha value is -0.210. The molecule has 1 aromatic carbocycles. The maximum atomic E-state index is 10.9. The fraction of sp³-hybridized carbons (Fsp3) is 0. The Balaban J connectivity index is 2.71. The number of para-hydroxylation sites is 1. The van der Waals surface area contributed by atoms with Crippen LogP contribution in [0.5, 0.6) is 5.75 Å². The normalized spacial score (nSPS) is 15.2. The van der Waals surface area contributed by atoms with Crippen molar-refractivity contribution in [1.29, 1.82) is 0 Å². The number of hydrogen-bond donors (Lipinski definition) is 0. The van der Waals surface area contributed by atoms with Crippen molar-refractivity contribution in [2.24, 2.45) is 0 Å². The summed E-state index contributed by atoms with van der Waals surface area (Å²) in [5, 5.41) is 0. The third kappa shape index (κ3) is 3.03. The van der Waals surface area contributed by atoms with Crippen LogP contribution < -0.4 is 4.52 Å². The fourth-order valence-corrected chi connectivity index (χ4v) is 1.35. The number of rotatable bonds is 3. The molecule has 0 aromatic heterocycles. The second-order valence-corrected chi connectivity index (χ2v) is 4.74. The van der Waals surface area contributed by atoms with Crippen molar-refractivity contribution in [1.82, 2.24) is 0 Å². The highest BCUT2D eigenvalue weighted by atomic mass is 35.7. The van der Waals surface area contributed by atoms with Crippen LogP contribution in [0.1, 0.15) is 0 Å². The van der Waals surface area contributed by atoms with E-state index in [4.69, 9.17) is 27.6 Å². The van der Waals surface area contributed by atoms with Crippen LogP contribution in [0, 0.1) is 0 Å². The summed E-state index contributed by atoms with van der Waals surface area (Å²) in [7, 11) is 0. The van der Waals surface area contributed by atoms with E-state index in [0.717, 1.165) is 0 Å². The number of hydrogen-bond acceptors (Lipinski definition) is 3. The molecule has 1 unspecified atom stereocenters. The molecule has 6 heteroatoms. The largest absolute Gasteiger partial charge is 0.493 e. The van der Waals surface area contributed by atoms with Gasteiger partial charge in [-0.25, -0.2) is 4.57 Å². The van der Waals surface area contributed by atoms with E-state index in [1.54, 1.807) is 30.3 Å². The SMILES string of the molecule is O=P(Cl)(OCl)Oc1ccccc1. The molecule has 0 saturated carbocycles. The minimum absolute atomic E-state index is 0.344. The van der Waals surface area contributed by atoms with Crippen LogP contribution in [0.25, 0.3) is 0 Å². The van der Waals surface area contributed by atoms with Crippen molar-refractivity contribution in [3.63, 3.8) is 0 Å². The molecule has 0 heterocycles. The lowest BCUT2D eigenvalue weighted by Crippen LogP contribution is -1.85. The van der Waals surface area contributed by atoms with E-state index >= 15 is 0 Å². The molecule has 0 fully saturated rings. The number of halogens is 2. The molecular weight excluding hydrogens is 222 g/mol. The molecule has 0 bridgehead atoms. The Morgan fingerprint density at radius 2 is 1.83 bits per heavy atom. The van der Waals surface area contributed by atoms with Crippen molar-refractivity contribution in [2.45, 2.75) is 0 Å². The molecule has 12 heavy (non-hydrogen) atoms. The van der Waals surface area contributed by atoms with E-state index in [0.29, 0.717) is 5.75 Å². The molecule has 0 aliphatic heterocycles. The molecule has 1 rings (SSSR count). The van der Waals surface area contributed by atoms with Gasteiger partial charge in [0, 0.05) is 11.2 Å². The van der Waals surface area contributed by atoms with Gasteiger partial charge < -0.3 is 4.52 Å². The molecule has 0 saturated heterocycles. The van der Waals surface area contributed by atoms with Gasteiger partial charge in [0.25, 0.3) is 0 Å². The van der Waals surface area contributed by atoms with E-state index in [-0.39, 0.29) is 0 Å². The standard InChI is InChI=1S/C6H5Cl2O3P/c7-11-12(8,9)10-6-4-2-1-3-5-6/h1-5H. The summed E-state index contributed by atoms with van der Waals surface area (Å²) >= 11 is 10.1. The van der Waals surface area contributed by atoms with E-state index < -0.39 is 6.95 Å². The van der Waals surface area contributed by atoms with Gasteiger partial charge in [-0.05, 0) is 12.1 Å². The molecule has 0 radical (unpaired) electrons. The Labute approximate surface area is 79.7 Å². The number of benzene rings is 1. The smallest absolute Gasteiger partial charge is 0.413 e. The van der Waals surface area contributed by atoms with E-state index in [1.807, 2.05) is 0 Å². The maximum absolute atomic E-state index is 10.9. The minimum atomic E-state index is -3.66. The molecule has 0 aliphatic rings. The lowest BCUT2D eigenvalue weighted by Gasteiger charge is -2.06. The molecule has 1 aromatic rings. The highest BCUT2D eigenvalue weighted by molar-refractivity contribution is 7.82. The topological polar surface area (TPSA) is 35.5 Å². The van der Waals surface area contributed by atoms with Crippen LogP contribution in [0.2, 0.25) is 0 Å². The summed E-state index contributed by atoms with van der Waals surface area (Å²) in [6, 6.07) is 8.38. The quantitative estimate of drug-likeness (QED) is 0.740. The van der Waals surface area contributed by atoms with Crippen LogP contribution in [-0.2, 0) is 8.64 Å². The van der Waals surface area contributed by atoms with Crippen LogP contribution in [0.15, 0.2) is 30.3 Å². The minimum Gasteiger partial charge on any atom is -0.413 e. The molecule has 0 N–H and O–H groups in total. The van der Waals surface area contributed by atoms with E-state index in [9.17, 15) is 4.57 Å². The van der Waals surface area contributed by atoms with Crippen LogP contribution in [0.4, 0.5) is 0 Å². The zero-order chi connectivity index (χ0) is 9.03. The lowest BCUT2D eigenvalue weighted by atomic mass is 10.3. The van der Waals surface area contributed by atoms with Crippen molar-refractivity contribution >= 4 is 30.1 Å². The Kier molecular flexibility index (Phi) is 3.41. The summed E-state index contributed by atoms with van der Waals surface area (Å²) in [5.74, 6) is 0.344. The maximum Gasteiger partial charge on any atom is 0.493 e. The first kappa shape index (κ1) is 9.87. The predicted molar refractivity (Wildman–Crippen MR) is 47.5 cm³/mol. The highest BCUT2D eigenvalue weighted by Crippen LogP contribution is 2.54. The Bertz CT molecular complexity index is 290. The van der Waals surface area contributed by atoms with Gasteiger partial charge in [-0.3, -0.25) is 0 Å². The summed E-state index contributed by atoms with van der Waals surface area (Å²) in [4.78, 5) is 0. The van der Waals surface area contributed by atoms with Crippen molar-refractivity contribution in [3.05, 3.63) is 30.3 Å². The average molecular weight is 227 g/mol. The van der Waals surface area contributed by atoms with Crippen molar-refractivity contribution < 1.29 is 13.2 Å². The van der Waals surface area contributed by atoms with Gasteiger partial charge in [-0.2, -0.15) is 4.08 Å². The molecule has 3 nitrogen and oxygen atoms in total. The van der Waals surface area contributed by atoms with Gasteiger partial charge in [0.05, 0.1) is 11.9 Å². The first-order valence-electron chi connectivity index (χ1n) is 2.99. The first-order valence-corrected chi connectivity index (χ1v) is 5.74. The summed E-state index contributed by atoms with van der Waals surface area (Å²) < 4.78 is 19.6. The average Bonchev–Trinajstić information content (AvgIpc) is 2.06. The van der Waals surface area contributed by atoms with Gasteiger partial charge in [-0.15, -0.1) is 0 Å². The third-order valence-corrected chi connectivity index (χ3v) is 2.80. The van der Waals surface area contributed by atoms with Gasteiger partial charge >= 0.3 is 6.95 Å². The highest BCUT2D eigenvalue weighted by Gasteiger charge is 2.21. The molecule has 0 aliphatic carbocycles. The van der Waals surface area contributed by atoms with E-state index in [2.05, 4.69) is 4.08 Å². The Morgan fingerprint density at radius 1 is 1.25 bits per heavy atom. The van der Waals surface area contributed by atoms with Gasteiger partial charge in [0.1, 0.15) is 5.75 Å². The first-order chi connectivity index (χ1) is 5.64. The second-order valence-electron chi connectivity index (χ2n) is 1.90. The van der Waals surface area contributed by atoms with E-state index in [1.165, 1.54) is 0 Å².